The van der Waals surface area contributed by atoms with Crippen LogP contribution < -0.4 is 10.6 Å². The minimum absolute atomic E-state index is 0.0686. The minimum atomic E-state index is -0.819. The van der Waals surface area contributed by atoms with E-state index in [1.54, 1.807) is 0 Å². The van der Waals surface area contributed by atoms with Crippen molar-refractivity contribution in [3.05, 3.63) is 131 Å². The largest absolute Gasteiger partial charge is 0.481 e. The third kappa shape index (κ3) is 9.35. The molecule has 3 N–H and O–H groups in total. The van der Waals surface area contributed by atoms with Gasteiger partial charge in [-0.1, -0.05) is 94.4 Å². The molecule has 0 aliphatic carbocycles. The summed E-state index contributed by atoms with van der Waals surface area (Å²) in [5, 5.41) is 17.1. The smallest absolute Gasteiger partial charge is 0.303 e. The van der Waals surface area contributed by atoms with Gasteiger partial charge in [0.15, 0.2) is 5.78 Å². The van der Waals surface area contributed by atoms with Crippen LogP contribution in [0.15, 0.2) is 97.2 Å². The molecule has 0 saturated heterocycles. The number of hydrogen-bond acceptors (Lipinski definition) is 4. The van der Waals surface area contributed by atoms with Crippen LogP contribution >= 0.6 is 0 Å². The standard InChI is InChI=1S/C41H47N3O3/c1-28(2)20-30-11-15-32(16-12-30)25-42-35-22-34(23-36(24-35)43-26-33-17-13-31(14-18-33)21-29(3)4)41(47)38-27-44(19-7-10-40(45)46)39-9-6-5-8-37(38)39/h5-6,8-9,11-18,22-24,27-29,42-43H,7,10,19-21,25-26H2,1-4H3,(H,45,46). The lowest BCUT2D eigenvalue weighted by atomic mass is 10.0. The number of nitrogens with zero attached hydrogens (tertiary/aromatic N) is 1. The number of aryl methyl sites for hydroxylation is 1. The number of nitrogens with one attached hydrogen (secondary N) is 2. The number of carbonyl (C=O) groups excluding carboxylic acids is 1. The lowest BCUT2D eigenvalue weighted by Crippen LogP contribution is -2.07. The van der Waals surface area contributed by atoms with Gasteiger partial charge >= 0.3 is 5.97 Å². The van der Waals surface area contributed by atoms with E-state index in [2.05, 4.69) is 92.9 Å². The second-order valence-electron chi connectivity index (χ2n) is 13.4. The average molecular weight is 630 g/mol. The molecule has 1 heterocycles. The van der Waals surface area contributed by atoms with Crippen LogP contribution in [0.5, 0.6) is 0 Å². The van der Waals surface area contributed by atoms with E-state index in [4.69, 9.17) is 5.11 Å². The van der Waals surface area contributed by atoms with E-state index in [-0.39, 0.29) is 12.2 Å². The zero-order chi connectivity index (χ0) is 33.3. The summed E-state index contributed by atoms with van der Waals surface area (Å²) >= 11 is 0. The third-order valence-corrected chi connectivity index (χ3v) is 8.35. The number of ketones is 1. The van der Waals surface area contributed by atoms with Crippen LogP contribution in [-0.2, 0) is 37.3 Å². The molecule has 0 bridgehead atoms. The quantitative estimate of drug-likeness (QED) is 0.0948. The summed E-state index contributed by atoms with van der Waals surface area (Å²) in [6.07, 6.45) is 4.57. The molecule has 0 atom stereocenters. The van der Waals surface area contributed by atoms with Crippen LogP contribution in [0.2, 0.25) is 0 Å². The minimum Gasteiger partial charge on any atom is -0.481 e. The fraction of sp³-hybridized carbons (Fsp3) is 0.317. The van der Waals surface area contributed by atoms with Crippen molar-refractivity contribution in [2.45, 2.75) is 73.0 Å². The molecule has 244 valence electrons. The monoisotopic (exact) mass is 629 g/mol. The first-order valence-corrected chi connectivity index (χ1v) is 16.8. The summed E-state index contributed by atoms with van der Waals surface area (Å²) in [6.45, 7) is 10.7. The third-order valence-electron chi connectivity index (χ3n) is 8.35. The highest BCUT2D eigenvalue weighted by atomic mass is 16.4. The number of rotatable bonds is 16. The summed E-state index contributed by atoms with van der Waals surface area (Å²) in [4.78, 5) is 25.3. The summed E-state index contributed by atoms with van der Waals surface area (Å²) in [5.74, 6) is 0.338. The Morgan fingerprint density at radius 1 is 0.702 bits per heavy atom. The Kier molecular flexibility index (Phi) is 11.2. The van der Waals surface area contributed by atoms with E-state index in [9.17, 15) is 9.59 Å². The summed E-state index contributed by atoms with van der Waals surface area (Å²) in [5.41, 5.74) is 8.87. The number of carboxylic acids is 1. The topological polar surface area (TPSA) is 83.4 Å². The molecular weight excluding hydrogens is 582 g/mol. The van der Waals surface area contributed by atoms with Crippen molar-refractivity contribution >= 4 is 34.0 Å². The Hall–Kier alpha value is -4.84. The van der Waals surface area contributed by atoms with Gasteiger partial charge < -0.3 is 20.3 Å². The molecule has 6 nitrogen and oxygen atoms in total. The van der Waals surface area contributed by atoms with Gasteiger partial charge in [0.05, 0.1) is 0 Å². The highest BCUT2D eigenvalue weighted by Crippen LogP contribution is 2.28. The summed E-state index contributed by atoms with van der Waals surface area (Å²) in [7, 11) is 0. The molecule has 0 aliphatic rings. The normalized spacial score (nSPS) is 11.4. The number of aromatic nitrogens is 1. The molecule has 0 unspecified atom stereocenters. The summed E-state index contributed by atoms with van der Waals surface area (Å²) < 4.78 is 2.00. The van der Waals surface area contributed by atoms with Crippen molar-refractivity contribution in [1.82, 2.24) is 4.57 Å². The second kappa shape index (κ2) is 15.6. The molecular formula is C41H47N3O3. The molecule has 0 amide bonds. The van der Waals surface area contributed by atoms with Crippen molar-refractivity contribution in [2.24, 2.45) is 11.8 Å². The van der Waals surface area contributed by atoms with Gasteiger partial charge in [0, 0.05) is 65.7 Å². The van der Waals surface area contributed by atoms with E-state index in [0.29, 0.717) is 49.0 Å². The number of carboxylic acid groups (broad SMARTS) is 1. The van der Waals surface area contributed by atoms with E-state index in [1.165, 1.54) is 22.3 Å². The highest BCUT2D eigenvalue weighted by molar-refractivity contribution is 6.17. The Morgan fingerprint density at radius 3 is 1.72 bits per heavy atom. The molecule has 1 aromatic heterocycles. The van der Waals surface area contributed by atoms with E-state index >= 15 is 0 Å². The zero-order valence-corrected chi connectivity index (χ0v) is 28.1. The van der Waals surface area contributed by atoms with Gasteiger partial charge in [-0.15, -0.1) is 0 Å². The van der Waals surface area contributed by atoms with Crippen LogP contribution in [0.3, 0.4) is 0 Å². The second-order valence-corrected chi connectivity index (χ2v) is 13.4. The van der Waals surface area contributed by atoms with Gasteiger partial charge in [0.1, 0.15) is 0 Å². The lowest BCUT2D eigenvalue weighted by Gasteiger charge is -2.14. The van der Waals surface area contributed by atoms with Gasteiger partial charge in [-0.3, -0.25) is 9.59 Å². The SMILES string of the molecule is CC(C)Cc1ccc(CNc2cc(NCc3ccc(CC(C)C)cc3)cc(C(=O)c3cn(CCCC(=O)O)c4ccccc34)c2)cc1. The molecule has 5 rings (SSSR count). The van der Waals surface area contributed by atoms with Crippen molar-refractivity contribution in [3.8, 4) is 0 Å². The van der Waals surface area contributed by atoms with Gasteiger partial charge in [-0.2, -0.15) is 0 Å². The van der Waals surface area contributed by atoms with E-state index in [0.717, 1.165) is 35.1 Å². The Bertz CT molecular complexity index is 1730. The fourth-order valence-corrected chi connectivity index (χ4v) is 6.07. The van der Waals surface area contributed by atoms with Gasteiger partial charge in [0.2, 0.25) is 0 Å². The van der Waals surface area contributed by atoms with Crippen LogP contribution in [0, 0.1) is 11.8 Å². The molecule has 0 spiro atoms. The number of para-hydroxylation sites is 1. The first kappa shape index (κ1) is 33.5. The van der Waals surface area contributed by atoms with Crippen LogP contribution in [-0.4, -0.2) is 21.4 Å². The van der Waals surface area contributed by atoms with Crippen LogP contribution in [0.4, 0.5) is 11.4 Å². The van der Waals surface area contributed by atoms with Gasteiger partial charge in [-0.25, -0.2) is 0 Å². The van der Waals surface area contributed by atoms with Crippen molar-refractivity contribution in [1.29, 1.82) is 0 Å². The van der Waals surface area contributed by atoms with Crippen LogP contribution in [0.25, 0.3) is 10.9 Å². The molecule has 0 aliphatic heterocycles. The zero-order valence-electron chi connectivity index (χ0n) is 28.1. The van der Waals surface area contributed by atoms with Crippen LogP contribution in [0.1, 0.15) is 78.7 Å². The predicted octanol–water partition coefficient (Wildman–Crippen LogP) is 9.36. The van der Waals surface area contributed by atoms with Crippen molar-refractivity contribution in [3.63, 3.8) is 0 Å². The maximum Gasteiger partial charge on any atom is 0.303 e. The Labute approximate surface area is 278 Å². The number of aliphatic carboxylic acids is 1. The van der Waals surface area contributed by atoms with Gasteiger partial charge in [-0.05, 0) is 77.6 Å². The maximum absolute atomic E-state index is 14.2. The van der Waals surface area contributed by atoms with Crippen molar-refractivity contribution in [2.75, 3.05) is 10.6 Å². The number of fused-ring (bicyclic) bond motifs is 1. The van der Waals surface area contributed by atoms with Crippen molar-refractivity contribution < 1.29 is 14.7 Å². The number of carbonyl (C=O) groups is 2. The first-order chi connectivity index (χ1) is 22.6. The number of hydrogen-bond donors (Lipinski definition) is 3. The molecule has 47 heavy (non-hydrogen) atoms. The lowest BCUT2D eigenvalue weighted by molar-refractivity contribution is -0.137. The van der Waals surface area contributed by atoms with E-state index in [1.807, 2.05) is 47.2 Å². The maximum atomic E-state index is 14.2. The highest BCUT2D eigenvalue weighted by Gasteiger charge is 2.18. The molecule has 0 saturated carbocycles. The van der Waals surface area contributed by atoms with Gasteiger partial charge in [0.25, 0.3) is 0 Å². The number of anilines is 2. The Morgan fingerprint density at radius 2 is 1.21 bits per heavy atom. The number of benzene rings is 4. The van der Waals surface area contributed by atoms with E-state index < -0.39 is 5.97 Å². The molecule has 5 aromatic rings. The molecule has 6 heteroatoms. The molecule has 0 radical (unpaired) electrons. The Balaban J connectivity index is 1.41. The molecule has 4 aromatic carbocycles. The molecule has 0 fully saturated rings. The summed E-state index contributed by atoms with van der Waals surface area (Å²) in [6, 6.07) is 31.2. The fourth-order valence-electron chi connectivity index (χ4n) is 6.07. The average Bonchev–Trinajstić information content (AvgIpc) is 3.41. The predicted molar refractivity (Wildman–Crippen MR) is 193 cm³/mol. The first-order valence-electron chi connectivity index (χ1n) is 16.8.